The number of benzene rings is 3. The molecule has 1 aliphatic heterocycles. The maximum absolute atomic E-state index is 13.6. The first-order valence-corrected chi connectivity index (χ1v) is 10.6. The second-order valence-electron chi connectivity index (χ2n) is 7.00. The van der Waals surface area contributed by atoms with Crippen molar-refractivity contribution in [3.63, 3.8) is 0 Å². The van der Waals surface area contributed by atoms with E-state index < -0.39 is 6.04 Å². The van der Waals surface area contributed by atoms with E-state index in [4.69, 9.17) is 16.3 Å². The van der Waals surface area contributed by atoms with Crippen molar-refractivity contribution in [3.8, 4) is 5.75 Å². The summed E-state index contributed by atoms with van der Waals surface area (Å²) in [6, 6.07) is 17.4. The molecule has 0 aliphatic carbocycles. The molecule has 0 fully saturated rings. The summed E-state index contributed by atoms with van der Waals surface area (Å²) in [4.78, 5) is 27.2. The minimum absolute atomic E-state index is 0.169. The number of anilines is 1. The predicted octanol–water partition coefficient (Wildman–Crippen LogP) is 5.19. The van der Waals surface area contributed by atoms with E-state index in [9.17, 15) is 14.0 Å². The summed E-state index contributed by atoms with van der Waals surface area (Å²) in [7, 11) is 0. The molecule has 5 nitrogen and oxygen atoms in total. The molecular weight excluding hydrogens is 487 g/mol. The molecular formula is C23H17BrClFN2O3. The van der Waals surface area contributed by atoms with Crippen LogP contribution in [-0.4, -0.2) is 29.9 Å². The average molecular weight is 504 g/mol. The first kappa shape index (κ1) is 21.3. The third kappa shape index (κ3) is 4.89. The molecule has 0 radical (unpaired) electrons. The van der Waals surface area contributed by atoms with Crippen LogP contribution in [0.3, 0.4) is 0 Å². The Balaban J connectivity index is 1.70. The molecule has 1 aliphatic rings. The predicted molar refractivity (Wildman–Crippen MR) is 120 cm³/mol. The van der Waals surface area contributed by atoms with E-state index >= 15 is 0 Å². The van der Waals surface area contributed by atoms with Gasteiger partial charge in [0, 0.05) is 20.7 Å². The standard InChI is InChI=1S/C23H17BrClFN2O3/c24-15-3-10-20-19(11-15)23(14-1-6-17(26)7-2-14)28(12-21(29)27-20)22(30)13-31-18-8-4-16(25)5-9-18/h1-11,23H,12-13H2,(H,27,29)/t23-/m0/s1. The Labute approximate surface area is 191 Å². The molecule has 2 amide bonds. The van der Waals surface area contributed by atoms with Crippen molar-refractivity contribution >= 4 is 45.0 Å². The number of halogens is 3. The number of nitrogens with zero attached hydrogens (tertiary/aromatic N) is 1. The molecule has 31 heavy (non-hydrogen) atoms. The Morgan fingerprint density at radius 1 is 1.13 bits per heavy atom. The van der Waals surface area contributed by atoms with Crippen LogP contribution >= 0.6 is 27.5 Å². The fraction of sp³-hybridized carbons (Fsp3) is 0.130. The van der Waals surface area contributed by atoms with Crippen LogP contribution in [-0.2, 0) is 9.59 Å². The van der Waals surface area contributed by atoms with Gasteiger partial charge in [-0.05, 0) is 60.2 Å². The molecule has 158 valence electrons. The van der Waals surface area contributed by atoms with Crippen LogP contribution in [0.2, 0.25) is 5.02 Å². The number of hydrogen-bond acceptors (Lipinski definition) is 3. The second kappa shape index (κ2) is 9.08. The highest BCUT2D eigenvalue weighted by Crippen LogP contribution is 2.37. The van der Waals surface area contributed by atoms with E-state index in [-0.39, 0.29) is 30.8 Å². The molecule has 0 unspecified atom stereocenters. The van der Waals surface area contributed by atoms with Crippen LogP contribution in [0.4, 0.5) is 10.1 Å². The van der Waals surface area contributed by atoms with E-state index in [1.807, 2.05) is 12.1 Å². The van der Waals surface area contributed by atoms with E-state index in [2.05, 4.69) is 21.2 Å². The fourth-order valence-electron chi connectivity index (χ4n) is 3.47. The normalized spacial score (nSPS) is 15.6. The zero-order chi connectivity index (χ0) is 22.0. The minimum atomic E-state index is -0.603. The lowest BCUT2D eigenvalue weighted by Crippen LogP contribution is -2.41. The molecule has 3 aromatic carbocycles. The molecule has 1 N–H and O–H groups in total. The molecule has 3 aromatic rings. The summed E-state index contributed by atoms with van der Waals surface area (Å²) in [5.74, 6) is -0.608. The number of carbonyl (C=O) groups excluding carboxylic acids is 2. The molecule has 4 rings (SSSR count). The Morgan fingerprint density at radius 2 is 1.84 bits per heavy atom. The number of fused-ring (bicyclic) bond motifs is 1. The van der Waals surface area contributed by atoms with Crippen molar-refractivity contribution < 1.29 is 18.7 Å². The lowest BCUT2D eigenvalue weighted by Gasteiger charge is -2.30. The van der Waals surface area contributed by atoms with E-state index in [0.717, 1.165) is 4.47 Å². The largest absolute Gasteiger partial charge is 0.484 e. The fourth-order valence-corrected chi connectivity index (χ4v) is 3.98. The maximum Gasteiger partial charge on any atom is 0.261 e. The van der Waals surface area contributed by atoms with Crippen LogP contribution in [0.5, 0.6) is 5.75 Å². The van der Waals surface area contributed by atoms with Gasteiger partial charge in [0.15, 0.2) is 6.61 Å². The number of amides is 2. The molecule has 0 saturated heterocycles. The van der Waals surface area contributed by atoms with Gasteiger partial charge in [0.25, 0.3) is 5.91 Å². The monoisotopic (exact) mass is 502 g/mol. The third-order valence-electron chi connectivity index (χ3n) is 4.89. The number of carbonyl (C=O) groups is 2. The zero-order valence-electron chi connectivity index (χ0n) is 16.1. The van der Waals surface area contributed by atoms with Crippen LogP contribution in [0.15, 0.2) is 71.2 Å². The summed E-state index contributed by atoms with van der Waals surface area (Å²) in [5.41, 5.74) is 1.99. The van der Waals surface area contributed by atoms with Gasteiger partial charge in [0.05, 0.1) is 6.04 Å². The highest BCUT2D eigenvalue weighted by Gasteiger charge is 2.33. The van der Waals surface area contributed by atoms with Gasteiger partial charge < -0.3 is 15.0 Å². The van der Waals surface area contributed by atoms with Crippen molar-refractivity contribution in [1.29, 1.82) is 0 Å². The van der Waals surface area contributed by atoms with E-state index in [1.54, 1.807) is 42.5 Å². The number of ether oxygens (including phenoxy) is 1. The van der Waals surface area contributed by atoms with Crippen molar-refractivity contribution in [2.45, 2.75) is 6.04 Å². The van der Waals surface area contributed by atoms with Gasteiger partial charge in [-0.15, -0.1) is 0 Å². The van der Waals surface area contributed by atoms with Crippen molar-refractivity contribution in [2.24, 2.45) is 0 Å². The lowest BCUT2D eigenvalue weighted by molar-refractivity contribution is -0.138. The third-order valence-corrected chi connectivity index (χ3v) is 5.64. The Morgan fingerprint density at radius 3 is 2.55 bits per heavy atom. The van der Waals surface area contributed by atoms with Crippen LogP contribution in [0, 0.1) is 5.82 Å². The summed E-state index contributed by atoms with van der Waals surface area (Å²) in [6.45, 7) is -0.437. The summed E-state index contributed by atoms with van der Waals surface area (Å²) in [6.07, 6.45) is 0. The first-order valence-electron chi connectivity index (χ1n) is 9.43. The highest BCUT2D eigenvalue weighted by atomic mass is 79.9. The second-order valence-corrected chi connectivity index (χ2v) is 8.35. The van der Waals surface area contributed by atoms with Gasteiger partial charge in [-0.2, -0.15) is 0 Å². The van der Waals surface area contributed by atoms with Gasteiger partial charge in [-0.1, -0.05) is 39.7 Å². The molecule has 0 saturated carbocycles. The molecule has 1 heterocycles. The summed E-state index contributed by atoms with van der Waals surface area (Å²) < 4.78 is 20.0. The molecule has 0 aromatic heterocycles. The van der Waals surface area contributed by atoms with Gasteiger partial charge in [-0.25, -0.2) is 4.39 Å². The van der Waals surface area contributed by atoms with Crippen LogP contribution < -0.4 is 10.1 Å². The number of nitrogens with one attached hydrogen (secondary N) is 1. The number of hydrogen-bond donors (Lipinski definition) is 1. The van der Waals surface area contributed by atoms with Crippen molar-refractivity contribution in [2.75, 3.05) is 18.5 Å². The zero-order valence-corrected chi connectivity index (χ0v) is 18.5. The van der Waals surface area contributed by atoms with E-state index in [0.29, 0.717) is 27.6 Å². The molecule has 0 spiro atoms. The quantitative estimate of drug-likeness (QED) is 0.533. The Bertz CT molecular complexity index is 1120. The summed E-state index contributed by atoms with van der Waals surface area (Å²) in [5, 5.41) is 3.40. The molecule has 8 heteroatoms. The Kier molecular flexibility index (Phi) is 6.25. The summed E-state index contributed by atoms with van der Waals surface area (Å²) >= 11 is 9.34. The van der Waals surface area contributed by atoms with Crippen LogP contribution in [0.25, 0.3) is 0 Å². The van der Waals surface area contributed by atoms with Crippen molar-refractivity contribution in [1.82, 2.24) is 4.90 Å². The molecule has 1 atom stereocenters. The lowest BCUT2D eigenvalue weighted by atomic mass is 9.96. The average Bonchev–Trinajstić information content (AvgIpc) is 2.89. The highest BCUT2D eigenvalue weighted by molar-refractivity contribution is 9.10. The first-order chi connectivity index (χ1) is 14.9. The van der Waals surface area contributed by atoms with Gasteiger partial charge in [0.1, 0.15) is 18.1 Å². The van der Waals surface area contributed by atoms with Gasteiger partial charge in [-0.3, -0.25) is 9.59 Å². The molecule has 0 bridgehead atoms. The SMILES string of the molecule is O=C1CN(C(=O)COc2ccc(Cl)cc2)[C@@H](c2ccc(F)cc2)c2cc(Br)ccc2N1. The topological polar surface area (TPSA) is 58.6 Å². The van der Waals surface area contributed by atoms with Gasteiger partial charge in [0.2, 0.25) is 5.91 Å². The smallest absolute Gasteiger partial charge is 0.261 e. The van der Waals surface area contributed by atoms with E-state index in [1.165, 1.54) is 17.0 Å². The Hall–Kier alpha value is -2.90. The maximum atomic E-state index is 13.6. The van der Waals surface area contributed by atoms with Crippen LogP contribution in [0.1, 0.15) is 17.2 Å². The minimum Gasteiger partial charge on any atom is -0.484 e. The van der Waals surface area contributed by atoms with Gasteiger partial charge >= 0.3 is 0 Å². The van der Waals surface area contributed by atoms with Crippen molar-refractivity contribution in [3.05, 3.63) is 93.2 Å². The number of rotatable bonds is 4.